The first-order valence-electron chi connectivity index (χ1n) is 11.1. The summed E-state index contributed by atoms with van der Waals surface area (Å²) in [6.45, 7) is 4.93. The summed E-state index contributed by atoms with van der Waals surface area (Å²) in [5.41, 5.74) is 0. The minimum atomic E-state index is 0.0600. The first-order valence-corrected chi connectivity index (χ1v) is 12.8. The van der Waals surface area contributed by atoms with Crippen LogP contribution in [0.4, 0.5) is 0 Å². The number of hydrogen-bond donors (Lipinski definition) is 1. The number of benzene rings is 1. The molecule has 3 rings (SSSR count). The van der Waals surface area contributed by atoms with Crippen LogP contribution in [0.25, 0.3) is 0 Å². The lowest BCUT2D eigenvalue weighted by Gasteiger charge is -2.16. The quantitative estimate of drug-likeness (QED) is 0.186. The summed E-state index contributed by atoms with van der Waals surface area (Å²) in [6, 6.07) is 5.48. The van der Waals surface area contributed by atoms with Gasteiger partial charge in [-0.25, -0.2) is 0 Å². The van der Waals surface area contributed by atoms with Crippen molar-refractivity contribution in [3.05, 3.63) is 46.7 Å². The molecular weight excluding hydrogens is 467 g/mol. The van der Waals surface area contributed by atoms with E-state index < -0.39 is 0 Å². The van der Waals surface area contributed by atoms with Gasteiger partial charge in [0.15, 0.2) is 5.16 Å². The molecule has 32 heavy (non-hydrogen) atoms. The molecule has 0 unspecified atom stereocenters. The number of nitrogens with zero attached hydrogens (tertiary/aromatic N) is 3. The SMILES string of the molecule is C=CCn1c(CCCOc2ccc(Cl)cc2Cl)nnc1SCC(=O)NC1CCCCCC1. The average Bonchev–Trinajstić information content (AvgIpc) is 2.96. The van der Waals surface area contributed by atoms with Crippen molar-refractivity contribution in [3.63, 3.8) is 0 Å². The summed E-state index contributed by atoms with van der Waals surface area (Å²) in [5.74, 6) is 1.86. The van der Waals surface area contributed by atoms with Gasteiger partial charge in [0.2, 0.25) is 5.91 Å². The van der Waals surface area contributed by atoms with Crippen LogP contribution in [0.2, 0.25) is 10.0 Å². The molecule has 0 aliphatic heterocycles. The van der Waals surface area contributed by atoms with Gasteiger partial charge >= 0.3 is 0 Å². The van der Waals surface area contributed by atoms with Crippen LogP contribution >= 0.6 is 35.0 Å². The van der Waals surface area contributed by atoms with E-state index in [2.05, 4.69) is 22.1 Å². The molecular formula is C23H30Cl2N4O2S. The van der Waals surface area contributed by atoms with Crippen molar-refractivity contribution in [1.29, 1.82) is 0 Å². The van der Waals surface area contributed by atoms with Crippen molar-refractivity contribution in [2.45, 2.75) is 69.1 Å². The van der Waals surface area contributed by atoms with E-state index in [0.717, 1.165) is 30.2 Å². The summed E-state index contributed by atoms with van der Waals surface area (Å²) < 4.78 is 7.76. The molecule has 1 aromatic heterocycles. The first-order chi connectivity index (χ1) is 15.6. The molecule has 1 saturated carbocycles. The number of ether oxygens (including phenoxy) is 1. The number of halogens is 2. The Balaban J connectivity index is 1.48. The zero-order valence-electron chi connectivity index (χ0n) is 18.2. The van der Waals surface area contributed by atoms with E-state index in [-0.39, 0.29) is 5.91 Å². The zero-order chi connectivity index (χ0) is 22.8. The highest BCUT2D eigenvalue weighted by Gasteiger charge is 2.17. The average molecular weight is 497 g/mol. The lowest BCUT2D eigenvalue weighted by Crippen LogP contribution is -2.35. The van der Waals surface area contributed by atoms with Crippen LogP contribution in [0, 0.1) is 0 Å². The van der Waals surface area contributed by atoms with E-state index in [4.69, 9.17) is 27.9 Å². The first kappa shape index (κ1) is 24.9. The number of carbonyl (C=O) groups is 1. The van der Waals surface area contributed by atoms with Gasteiger partial charge in [0.25, 0.3) is 0 Å². The standard InChI is InChI=1S/C23H30Cl2N4O2S/c1-2-13-29-21(10-7-14-31-20-12-11-17(24)15-19(20)25)27-28-23(29)32-16-22(30)26-18-8-5-3-4-6-9-18/h2,11-12,15,18H,1,3-10,13-14,16H2,(H,26,30). The van der Waals surface area contributed by atoms with Gasteiger partial charge in [-0.05, 0) is 37.5 Å². The van der Waals surface area contributed by atoms with Gasteiger partial charge in [-0.2, -0.15) is 0 Å². The van der Waals surface area contributed by atoms with E-state index >= 15 is 0 Å². The van der Waals surface area contributed by atoms with Crippen LogP contribution in [0.15, 0.2) is 36.0 Å². The third kappa shape index (κ3) is 7.71. The Morgan fingerprint density at radius 2 is 2.03 bits per heavy atom. The molecule has 1 fully saturated rings. The number of thioether (sulfide) groups is 1. The van der Waals surface area contributed by atoms with E-state index in [1.165, 1.54) is 37.4 Å². The van der Waals surface area contributed by atoms with Gasteiger partial charge in [0.05, 0.1) is 17.4 Å². The van der Waals surface area contributed by atoms with Crippen LogP contribution in [0.5, 0.6) is 5.75 Å². The number of hydrogen-bond acceptors (Lipinski definition) is 5. The lowest BCUT2D eigenvalue weighted by atomic mass is 10.1. The van der Waals surface area contributed by atoms with Crippen molar-refractivity contribution in [2.75, 3.05) is 12.4 Å². The molecule has 2 aromatic rings. The minimum Gasteiger partial charge on any atom is -0.492 e. The summed E-state index contributed by atoms with van der Waals surface area (Å²) in [6.07, 6.45) is 10.4. The molecule has 174 valence electrons. The van der Waals surface area contributed by atoms with Crippen LogP contribution in [0.3, 0.4) is 0 Å². The highest BCUT2D eigenvalue weighted by molar-refractivity contribution is 7.99. The predicted molar refractivity (Wildman–Crippen MR) is 131 cm³/mol. The smallest absolute Gasteiger partial charge is 0.230 e. The molecule has 6 nitrogen and oxygen atoms in total. The third-order valence-corrected chi connectivity index (χ3v) is 6.85. The maximum atomic E-state index is 12.4. The Morgan fingerprint density at radius 1 is 1.25 bits per heavy atom. The monoisotopic (exact) mass is 496 g/mol. The summed E-state index contributed by atoms with van der Waals surface area (Å²) in [5, 5.41) is 13.6. The third-order valence-electron chi connectivity index (χ3n) is 5.35. The van der Waals surface area contributed by atoms with Crippen molar-refractivity contribution in [2.24, 2.45) is 0 Å². The zero-order valence-corrected chi connectivity index (χ0v) is 20.5. The molecule has 1 aliphatic carbocycles. The molecule has 0 atom stereocenters. The summed E-state index contributed by atoms with van der Waals surface area (Å²) in [7, 11) is 0. The van der Waals surface area contributed by atoms with E-state index in [1.54, 1.807) is 18.2 Å². The largest absolute Gasteiger partial charge is 0.492 e. The topological polar surface area (TPSA) is 69.0 Å². The summed E-state index contributed by atoms with van der Waals surface area (Å²) >= 11 is 13.5. The number of allylic oxidation sites excluding steroid dienone is 1. The second-order valence-electron chi connectivity index (χ2n) is 7.87. The van der Waals surface area contributed by atoms with E-state index in [0.29, 0.717) is 47.2 Å². The van der Waals surface area contributed by atoms with Gasteiger partial charge in [-0.15, -0.1) is 16.8 Å². The maximum absolute atomic E-state index is 12.4. The van der Waals surface area contributed by atoms with Crippen molar-refractivity contribution in [1.82, 2.24) is 20.1 Å². The fourth-order valence-corrected chi connectivity index (χ4v) is 4.99. The number of aromatic nitrogens is 3. The van der Waals surface area contributed by atoms with Gasteiger partial charge in [-0.3, -0.25) is 4.79 Å². The molecule has 0 radical (unpaired) electrons. The molecule has 0 spiro atoms. The highest BCUT2D eigenvalue weighted by Crippen LogP contribution is 2.27. The molecule has 0 saturated heterocycles. The van der Waals surface area contributed by atoms with Crippen LogP contribution in [-0.4, -0.2) is 39.1 Å². The Morgan fingerprint density at radius 3 is 2.75 bits per heavy atom. The van der Waals surface area contributed by atoms with E-state index in [1.807, 2.05) is 10.6 Å². The van der Waals surface area contributed by atoms with Gasteiger partial charge in [-0.1, -0.05) is 66.7 Å². The molecule has 1 heterocycles. The molecule has 9 heteroatoms. The highest BCUT2D eigenvalue weighted by atomic mass is 35.5. The second-order valence-corrected chi connectivity index (χ2v) is 9.66. The molecule has 1 aromatic carbocycles. The van der Waals surface area contributed by atoms with Crippen LogP contribution < -0.4 is 10.1 Å². The fraction of sp³-hybridized carbons (Fsp3) is 0.522. The Hall–Kier alpha value is -1.70. The van der Waals surface area contributed by atoms with Crippen molar-refractivity contribution >= 4 is 40.9 Å². The Bertz CT molecular complexity index is 898. The van der Waals surface area contributed by atoms with Gasteiger partial charge in [0, 0.05) is 24.0 Å². The number of aryl methyl sites for hydroxylation is 1. The molecule has 1 amide bonds. The van der Waals surface area contributed by atoms with Crippen molar-refractivity contribution < 1.29 is 9.53 Å². The van der Waals surface area contributed by atoms with E-state index in [9.17, 15) is 4.79 Å². The van der Waals surface area contributed by atoms with Crippen LogP contribution in [-0.2, 0) is 17.8 Å². The maximum Gasteiger partial charge on any atom is 0.230 e. The number of nitrogens with one attached hydrogen (secondary N) is 1. The number of amides is 1. The minimum absolute atomic E-state index is 0.0600. The Kier molecular flexibility index (Phi) is 10.2. The van der Waals surface area contributed by atoms with Gasteiger partial charge in [0.1, 0.15) is 11.6 Å². The van der Waals surface area contributed by atoms with Crippen LogP contribution in [0.1, 0.15) is 50.8 Å². The lowest BCUT2D eigenvalue weighted by molar-refractivity contribution is -0.119. The predicted octanol–water partition coefficient (Wildman–Crippen LogP) is 5.71. The number of rotatable bonds is 11. The second kappa shape index (κ2) is 13.1. The van der Waals surface area contributed by atoms with Gasteiger partial charge < -0.3 is 14.6 Å². The molecule has 1 aliphatic rings. The fourth-order valence-electron chi connectivity index (χ4n) is 3.75. The van der Waals surface area contributed by atoms with Crippen molar-refractivity contribution in [3.8, 4) is 5.75 Å². The Labute approximate surface area is 204 Å². The molecule has 1 N–H and O–H groups in total. The normalized spacial score (nSPS) is 14.7. The molecule has 0 bridgehead atoms. The number of carbonyl (C=O) groups excluding carboxylic acids is 1. The summed E-state index contributed by atoms with van der Waals surface area (Å²) in [4.78, 5) is 12.4.